The highest BCUT2D eigenvalue weighted by molar-refractivity contribution is 14.1. The van der Waals surface area contributed by atoms with Crippen LogP contribution in [-0.4, -0.2) is 3.97 Å². The van der Waals surface area contributed by atoms with Gasteiger partial charge in [-0.2, -0.15) is 5.26 Å². The minimum atomic E-state index is 0.533. The molecule has 0 fully saturated rings. The molecule has 0 atom stereocenters. The molecule has 23 heavy (non-hydrogen) atoms. The average Bonchev–Trinajstić information content (AvgIpc) is 2.91. The van der Waals surface area contributed by atoms with Gasteiger partial charge >= 0.3 is 0 Å². The summed E-state index contributed by atoms with van der Waals surface area (Å²) in [6.07, 6.45) is 0. The predicted molar refractivity (Wildman–Crippen MR) is 106 cm³/mol. The summed E-state index contributed by atoms with van der Waals surface area (Å²) in [7, 11) is 0. The van der Waals surface area contributed by atoms with E-state index < -0.39 is 0 Å². The third-order valence-electron chi connectivity index (χ3n) is 3.24. The Morgan fingerprint density at radius 2 is 2.00 bits per heavy atom. The molecule has 0 N–H and O–H groups in total. The zero-order valence-corrected chi connectivity index (χ0v) is 16.2. The van der Waals surface area contributed by atoms with Crippen LogP contribution in [0.1, 0.15) is 11.3 Å². The van der Waals surface area contributed by atoms with E-state index >= 15 is 0 Å². The predicted octanol–water partition coefficient (Wildman–Crippen LogP) is 6.24. The Morgan fingerprint density at radius 1 is 1.22 bits per heavy atom. The molecule has 0 amide bonds. The minimum Gasteiger partial charge on any atom is -0.249 e. The molecule has 0 radical (unpaired) electrons. The topological polar surface area (TPSA) is 38.0 Å². The van der Waals surface area contributed by atoms with Crippen LogP contribution >= 0.6 is 58.6 Å². The van der Waals surface area contributed by atoms with Gasteiger partial charge in [0, 0.05) is 21.1 Å². The SMILES string of the molecule is N#Cc1cc2cc(Cl)cc(SCc3ccccc3)c2n1SOI. The number of nitrogens with zero attached hydrogens (tertiary/aromatic N) is 2. The van der Waals surface area contributed by atoms with E-state index in [0.29, 0.717) is 10.7 Å². The molecule has 0 aliphatic heterocycles. The first-order valence-electron chi connectivity index (χ1n) is 6.60. The molecule has 7 heteroatoms. The number of hydrogen-bond donors (Lipinski definition) is 0. The van der Waals surface area contributed by atoms with Crippen LogP contribution in [0.4, 0.5) is 0 Å². The van der Waals surface area contributed by atoms with Crippen LogP contribution in [-0.2, 0) is 8.27 Å². The summed E-state index contributed by atoms with van der Waals surface area (Å²) in [6.45, 7) is 0. The molecule has 2 aromatic carbocycles. The van der Waals surface area contributed by atoms with Crippen molar-refractivity contribution in [1.29, 1.82) is 5.26 Å². The maximum atomic E-state index is 9.33. The number of nitriles is 1. The van der Waals surface area contributed by atoms with Crippen molar-refractivity contribution in [1.82, 2.24) is 3.97 Å². The zero-order chi connectivity index (χ0) is 16.2. The van der Waals surface area contributed by atoms with Gasteiger partial charge in [-0.25, -0.2) is 6.48 Å². The first-order chi connectivity index (χ1) is 11.2. The van der Waals surface area contributed by atoms with Gasteiger partial charge in [0.1, 0.15) is 47.0 Å². The summed E-state index contributed by atoms with van der Waals surface area (Å²) < 4.78 is 6.94. The normalized spacial score (nSPS) is 10.8. The molecule has 0 saturated heterocycles. The van der Waals surface area contributed by atoms with E-state index in [1.54, 1.807) is 38.7 Å². The van der Waals surface area contributed by atoms with E-state index in [1.165, 1.54) is 5.56 Å². The van der Waals surface area contributed by atoms with E-state index in [9.17, 15) is 5.26 Å². The molecule has 0 aliphatic carbocycles. The lowest BCUT2D eigenvalue weighted by atomic mass is 10.2. The molecule has 3 aromatic rings. The van der Waals surface area contributed by atoms with Crippen molar-refractivity contribution >= 4 is 69.5 Å². The third kappa shape index (κ3) is 3.80. The van der Waals surface area contributed by atoms with Crippen molar-refractivity contribution in [2.24, 2.45) is 0 Å². The van der Waals surface area contributed by atoms with Gasteiger partial charge in [-0.1, -0.05) is 41.9 Å². The van der Waals surface area contributed by atoms with E-state index in [0.717, 1.165) is 33.8 Å². The van der Waals surface area contributed by atoms with Gasteiger partial charge < -0.3 is 0 Å². The Bertz CT molecular complexity index is 877. The highest BCUT2D eigenvalue weighted by Gasteiger charge is 2.15. The Balaban J connectivity index is 2.04. The summed E-state index contributed by atoms with van der Waals surface area (Å²) >= 11 is 10.9. The van der Waals surface area contributed by atoms with Crippen LogP contribution in [0.3, 0.4) is 0 Å². The maximum absolute atomic E-state index is 9.33. The summed E-state index contributed by atoms with van der Waals surface area (Å²) in [4.78, 5) is 1.03. The van der Waals surface area contributed by atoms with Gasteiger partial charge in [0.25, 0.3) is 0 Å². The number of thioether (sulfide) groups is 1. The van der Waals surface area contributed by atoms with Crippen LogP contribution in [0.5, 0.6) is 0 Å². The monoisotopic (exact) mass is 472 g/mol. The van der Waals surface area contributed by atoms with Gasteiger partial charge in [-0.15, -0.1) is 11.8 Å². The second-order valence-electron chi connectivity index (χ2n) is 4.69. The van der Waals surface area contributed by atoms with Crippen molar-refractivity contribution in [3.63, 3.8) is 0 Å². The molecule has 116 valence electrons. The van der Waals surface area contributed by atoms with Crippen LogP contribution in [0, 0.1) is 11.3 Å². The van der Waals surface area contributed by atoms with Crippen molar-refractivity contribution in [2.75, 3.05) is 0 Å². The van der Waals surface area contributed by atoms with Gasteiger partial charge in [0.05, 0.1) is 5.52 Å². The molecule has 0 unspecified atom stereocenters. The van der Waals surface area contributed by atoms with Gasteiger partial charge in [0.2, 0.25) is 0 Å². The first kappa shape index (κ1) is 17.0. The number of hydrogen-bond acceptors (Lipinski definition) is 4. The van der Waals surface area contributed by atoms with Gasteiger partial charge in [-0.3, -0.25) is 0 Å². The molecular weight excluding hydrogens is 463 g/mol. The minimum absolute atomic E-state index is 0.533. The molecule has 0 saturated carbocycles. The van der Waals surface area contributed by atoms with Crippen molar-refractivity contribution < 1.29 is 2.51 Å². The smallest absolute Gasteiger partial charge is 0.133 e. The molecule has 1 aromatic heterocycles. The molecular formula is C16H10ClIN2OS2. The number of halogens is 2. The van der Waals surface area contributed by atoms with E-state index in [4.69, 9.17) is 14.1 Å². The van der Waals surface area contributed by atoms with E-state index in [2.05, 4.69) is 18.2 Å². The average molecular weight is 473 g/mol. The van der Waals surface area contributed by atoms with Crippen LogP contribution < -0.4 is 0 Å². The third-order valence-corrected chi connectivity index (χ3v) is 5.62. The number of fused-ring (bicyclic) bond motifs is 1. The van der Waals surface area contributed by atoms with Crippen molar-refractivity contribution in [3.8, 4) is 6.07 Å². The van der Waals surface area contributed by atoms with Crippen molar-refractivity contribution in [3.05, 3.63) is 64.8 Å². The zero-order valence-electron chi connectivity index (χ0n) is 11.7. The Morgan fingerprint density at radius 3 is 2.70 bits per heavy atom. The van der Waals surface area contributed by atoms with Gasteiger partial charge in [-0.05, 0) is 23.8 Å². The van der Waals surface area contributed by atoms with Crippen molar-refractivity contribution in [2.45, 2.75) is 10.6 Å². The maximum Gasteiger partial charge on any atom is 0.133 e. The fourth-order valence-electron chi connectivity index (χ4n) is 2.28. The summed E-state index contributed by atoms with van der Waals surface area (Å²) in [5.74, 6) is 0.832. The first-order valence-corrected chi connectivity index (χ1v) is 9.55. The summed E-state index contributed by atoms with van der Waals surface area (Å²) in [5, 5.41) is 10.9. The Hall–Kier alpha value is -0.850. The molecule has 0 spiro atoms. The second-order valence-corrected chi connectivity index (χ2v) is 7.86. The number of aromatic nitrogens is 1. The fourth-order valence-corrected chi connectivity index (χ4v) is 4.69. The lowest BCUT2D eigenvalue weighted by Gasteiger charge is -2.08. The Kier molecular flexibility index (Phi) is 5.77. The molecule has 3 rings (SSSR count). The number of benzene rings is 2. The summed E-state index contributed by atoms with van der Waals surface area (Å²) in [5.41, 5.74) is 2.72. The largest absolute Gasteiger partial charge is 0.249 e. The summed E-state index contributed by atoms with van der Waals surface area (Å²) in [6, 6.07) is 18.1. The highest BCUT2D eigenvalue weighted by atomic mass is 127. The second kappa shape index (κ2) is 7.81. The highest BCUT2D eigenvalue weighted by Crippen LogP contribution is 2.37. The lowest BCUT2D eigenvalue weighted by molar-refractivity contribution is 0.829. The molecule has 3 nitrogen and oxygen atoms in total. The molecule has 0 bridgehead atoms. The Labute approximate surface area is 162 Å². The fraction of sp³-hybridized carbons (Fsp3) is 0.0625. The molecule has 0 aliphatic rings. The quantitative estimate of drug-likeness (QED) is 0.250. The van der Waals surface area contributed by atoms with Gasteiger partial charge in [0.15, 0.2) is 0 Å². The molecule has 1 heterocycles. The van der Waals surface area contributed by atoms with Crippen LogP contribution in [0.25, 0.3) is 10.9 Å². The van der Waals surface area contributed by atoms with E-state index in [-0.39, 0.29) is 0 Å². The standard InChI is InChI=1S/C16H10ClIN2OS2/c17-13-6-12-7-14(9-19)20(23-21-18)16(12)15(8-13)22-10-11-4-2-1-3-5-11/h1-8H,10H2. The number of rotatable bonds is 5. The van der Waals surface area contributed by atoms with Crippen LogP contribution in [0.15, 0.2) is 53.4 Å². The van der Waals surface area contributed by atoms with E-state index in [1.807, 2.05) is 36.4 Å². The van der Waals surface area contributed by atoms with Crippen LogP contribution in [0.2, 0.25) is 5.02 Å². The lowest BCUT2D eigenvalue weighted by Crippen LogP contribution is -1.91.